The summed E-state index contributed by atoms with van der Waals surface area (Å²) in [4.78, 5) is 16.6. The Balaban J connectivity index is 1.30. The summed E-state index contributed by atoms with van der Waals surface area (Å²) in [7, 11) is 0. The second kappa shape index (κ2) is 6.58. The van der Waals surface area contributed by atoms with E-state index in [0.29, 0.717) is 6.54 Å². The van der Waals surface area contributed by atoms with Crippen molar-refractivity contribution in [2.45, 2.75) is 50.9 Å². The first-order chi connectivity index (χ1) is 13.0. The van der Waals surface area contributed by atoms with E-state index in [1.54, 1.807) is 13.0 Å². The molecule has 0 radical (unpaired) electrons. The standard InChI is InChI=1S/C23H31FN2O/c1-16(27)13-26-15-23(21-12-20(24)4-5-22(21)26)6-8-25(9-7-23)14-19-11-17-2-3-18(19)10-17/h4-5,12,17-19H,2-3,6-11,13-15H2,1H3/t17-,18-,19-/m0/s1. The van der Waals surface area contributed by atoms with Gasteiger partial charge < -0.3 is 9.80 Å². The van der Waals surface area contributed by atoms with Crippen LogP contribution < -0.4 is 4.90 Å². The van der Waals surface area contributed by atoms with Gasteiger partial charge in [-0.15, -0.1) is 0 Å². The van der Waals surface area contributed by atoms with Gasteiger partial charge in [0.25, 0.3) is 0 Å². The smallest absolute Gasteiger partial charge is 0.149 e. The largest absolute Gasteiger partial charge is 0.363 e. The van der Waals surface area contributed by atoms with E-state index in [0.717, 1.165) is 61.5 Å². The van der Waals surface area contributed by atoms with E-state index in [1.165, 1.54) is 38.3 Å². The van der Waals surface area contributed by atoms with Crippen molar-refractivity contribution in [2.75, 3.05) is 37.6 Å². The van der Waals surface area contributed by atoms with E-state index in [9.17, 15) is 9.18 Å². The second-order valence-corrected chi connectivity index (χ2v) is 9.74. The maximum atomic E-state index is 14.0. The van der Waals surface area contributed by atoms with Gasteiger partial charge in [-0.2, -0.15) is 0 Å². The van der Waals surface area contributed by atoms with Crippen LogP contribution in [0.2, 0.25) is 0 Å². The number of piperidine rings is 1. The number of benzene rings is 1. The van der Waals surface area contributed by atoms with Gasteiger partial charge >= 0.3 is 0 Å². The molecular formula is C23H31FN2O. The topological polar surface area (TPSA) is 23.6 Å². The van der Waals surface area contributed by atoms with Crippen molar-refractivity contribution in [2.24, 2.45) is 17.8 Å². The van der Waals surface area contributed by atoms with E-state index in [1.807, 2.05) is 6.07 Å². The van der Waals surface area contributed by atoms with Gasteiger partial charge in [0.15, 0.2) is 0 Å². The summed E-state index contributed by atoms with van der Waals surface area (Å²) in [5.74, 6) is 2.94. The molecule has 3 nitrogen and oxygen atoms in total. The zero-order chi connectivity index (χ0) is 18.6. The van der Waals surface area contributed by atoms with Crippen molar-refractivity contribution >= 4 is 11.5 Å². The lowest BCUT2D eigenvalue weighted by atomic mass is 9.74. The summed E-state index contributed by atoms with van der Waals surface area (Å²) >= 11 is 0. The van der Waals surface area contributed by atoms with E-state index in [2.05, 4.69) is 9.80 Å². The number of anilines is 1. The number of carbonyl (C=O) groups excluding carboxylic acids is 1. The third-order valence-electron chi connectivity index (χ3n) is 7.97. The predicted molar refractivity (Wildman–Crippen MR) is 106 cm³/mol. The van der Waals surface area contributed by atoms with Gasteiger partial charge in [-0.1, -0.05) is 6.42 Å². The molecule has 0 unspecified atom stereocenters. The van der Waals surface area contributed by atoms with Crippen LogP contribution in [0.15, 0.2) is 18.2 Å². The Morgan fingerprint density at radius 3 is 2.70 bits per heavy atom. The number of Topliss-reactive ketones (excluding diaryl/α,β-unsaturated/α-hetero) is 1. The molecule has 2 aliphatic carbocycles. The maximum absolute atomic E-state index is 14.0. The van der Waals surface area contributed by atoms with Crippen LogP contribution in [0.5, 0.6) is 0 Å². The molecule has 2 heterocycles. The Morgan fingerprint density at radius 2 is 2.04 bits per heavy atom. The fourth-order valence-electron chi connectivity index (χ4n) is 6.68. The molecule has 4 aliphatic rings. The fourth-order valence-corrected chi connectivity index (χ4v) is 6.68. The van der Waals surface area contributed by atoms with Gasteiger partial charge in [-0.3, -0.25) is 4.79 Å². The molecule has 0 N–H and O–H groups in total. The summed E-state index contributed by atoms with van der Waals surface area (Å²) in [6.07, 6.45) is 8.03. The summed E-state index contributed by atoms with van der Waals surface area (Å²) < 4.78 is 14.0. The first kappa shape index (κ1) is 17.7. The zero-order valence-electron chi connectivity index (χ0n) is 16.4. The molecule has 3 atom stereocenters. The van der Waals surface area contributed by atoms with Crippen LogP contribution in [-0.4, -0.2) is 43.4 Å². The predicted octanol–water partition coefficient (Wildman–Crippen LogP) is 4.00. The average Bonchev–Trinajstić information content (AvgIpc) is 3.31. The van der Waals surface area contributed by atoms with E-state index in [4.69, 9.17) is 0 Å². The molecule has 2 aliphatic heterocycles. The molecule has 1 saturated heterocycles. The summed E-state index contributed by atoms with van der Waals surface area (Å²) in [6, 6.07) is 5.15. The number of rotatable bonds is 4. The minimum absolute atomic E-state index is 0.0259. The zero-order valence-corrected chi connectivity index (χ0v) is 16.4. The van der Waals surface area contributed by atoms with Crippen LogP contribution >= 0.6 is 0 Å². The monoisotopic (exact) mass is 370 g/mol. The van der Waals surface area contributed by atoms with Crippen LogP contribution in [-0.2, 0) is 10.2 Å². The van der Waals surface area contributed by atoms with Gasteiger partial charge in [-0.05, 0) is 93.6 Å². The van der Waals surface area contributed by atoms with Gasteiger partial charge in [0.05, 0.1) is 6.54 Å². The molecule has 2 bridgehead atoms. The lowest BCUT2D eigenvalue weighted by molar-refractivity contribution is -0.115. The number of ketones is 1. The molecule has 1 spiro atoms. The number of likely N-dealkylation sites (tertiary alicyclic amines) is 1. The Morgan fingerprint density at radius 1 is 1.22 bits per heavy atom. The van der Waals surface area contributed by atoms with Crippen LogP contribution in [0, 0.1) is 23.6 Å². The van der Waals surface area contributed by atoms with E-state index in [-0.39, 0.29) is 17.0 Å². The lowest BCUT2D eigenvalue weighted by Gasteiger charge is -2.41. The Kier molecular flexibility index (Phi) is 4.30. The normalized spacial score (nSPS) is 31.6. The van der Waals surface area contributed by atoms with E-state index < -0.39 is 0 Å². The van der Waals surface area contributed by atoms with Crippen molar-refractivity contribution in [3.05, 3.63) is 29.6 Å². The molecule has 2 saturated carbocycles. The number of halogens is 1. The molecule has 5 rings (SSSR count). The number of hydrogen-bond acceptors (Lipinski definition) is 3. The van der Waals surface area contributed by atoms with Gasteiger partial charge in [-0.25, -0.2) is 4.39 Å². The number of nitrogens with zero attached hydrogens (tertiary/aromatic N) is 2. The Bertz CT molecular complexity index is 740. The average molecular weight is 371 g/mol. The van der Waals surface area contributed by atoms with Crippen LogP contribution in [0.4, 0.5) is 10.1 Å². The molecule has 146 valence electrons. The Hall–Kier alpha value is -1.42. The molecule has 4 heteroatoms. The quantitative estimate of drug-likeness (QED) is 0.800. The SMILES string of the molecule is CC(=O)CN1CC2(CCN(C[C@@H]3C[C@H]4CC[C@H]3C4)CC2)c2cc(F)ccc21. The van der Waals surface area contributed by atoms with E-state index >= 15 is 0 Å². The highest BCUT2D eigenvalue weighted by atomic mass is 19.1. The number of hydrogen-bond donors (Lipinski definition) is 0. The molecule has 0 aromatic heterocycles. The molecular weight excluding hydrogens is 339 g/mol. The third kappa shape index (κ3) is 3.10. The molecule has 1 aromatic rings. The highest BCUT2D eigenvalue weighted by molar-refractivity contribution is 5.82. The highest BCUT2D eigenvalue weighted by Crippen LogP contribution is 2.50. The number of fused-ring (bicyclic) bond motifs is 4. The van der Waals surface area contributed by atoms with Crippen LogP contribution in [0.25, 0.3) is 0 Å². The first-order valence-corrected chi connectivity index (χ1v) is 10.8. The van der Waals surface area contributed by atoms with Crippen LogP contribution in [0.1, 0.15) is 51.0 Å². The number of carbonyl (C=O) groups is 1. The molecule has 27 heavy (non-hydrogen) atoms. The van der Waals surface area contributed by atoms with Crippen molar-refractivity contribution < 1.29 is 9.18 Å². The van der Waals surface area contributed by atoms with Crippen molar-refractivity contribution in [1.29, 1.82) is 0 Å². The molecule has 1 aromatic carbocycles. The van der Waals surface area contributed by atoms with Crippen LogP contribution in [0.3, 0.4) is 0 Å². The molecule has 0 amide bonds. The maximum Gasteiger partial charge on any atom is 0.149 e. The van der Waals surface area contributed by atoms with Crippen molar-refractivity contribution in [3.8, 4) is 0 Å². The Labute approximate surface area is 161 Å². The highest BCUT2D eigenvalue weighted by Gasteiger charge is 2.46. The van der Waals surface area contributed by atoms with Crippen molar-refractivity contribution in [1.82, 2.24) is 4.90 Å². The second-order valence-electron chi connectivity index (χ2n) is 9.74. The van der Waals surface area contributed by atoms with Gasteiger partial charge in [0.2, 0.25) is 0 Å². The third-order valence-corrected chi connectivity index (χ3v) is 7.97. The first-order valence-electron chi connectivity index (χ1n) is 10.8. The minimum Gasteiger partial charge on any atom is -0.363 e. The minimum atomic E-state index is -0.151. The van der Waals surface area contributed by atoms with Gasteiger partial charge in [0.1, 0.15) is 11.6 Å². The summed E-state index contributed by atoms with van der Waals surface area (Å²) in [5, 5.41) is 0. The summed E-state index contributed by atoms with van der Waals surface area (Å²) in [6.45, 7) is 6.44. The van der Waals surface area contributed by atoms with Gasteiger partial charge in [0, 0.05) is 24.2 Å². The summed E-state index contributed by atoms with van der Waals surface area (Å²) in [5.41, 5.74) is 2.24. The fraction of sp³-hybridized carbons (Fsp3) is 0.696. The lowest BCUT2D eigenvalue weighted by Crippen LogP contribution is -2.47. The van der Waals surface area contributed by atoms with Crippen molar-refractivity contribution in [3.63, 3.8) is 0 Å². The molecule has 3 fully saturated rings.